The van der Waals surface area contributed by atoms with Gasteiger partial charge in [0.25, 0.3) is 0 Å². The minimum atomic E-state index is -4.72. The molecule has 32 heavy (non-hydrogen) atoms. The van der Waals surface area contributed by atoms with E-state index < -0.39 is 29.6 Å². The molecule has 1 N–H and O–H groups in total. The van der Waals surface area contributed by atoms with E-state index in [4.69, 9.17) is 9.47 Å². The van der Waals surface area contributed by atoms with Crippen LogP contribution in [-0.2, 0) is 25.2 Å². The van der Waals surface area contributed by atoms with Crippen molar-refractivity contribution >= 4 is 18.3 Å². The molecule has 1 unspecified atom stereocenters. The lowest BCUT2D eigenvalue weighted by Crippen LogP contribution is -2.34. The van der Waals surface area contributed by atoms with Crippen molar-refractivity contribution in [3.63, 3.8) is 0 Å². The Morgan fingerprint density at radius 2 is 1.66 bits per heavy atom. The summed E-state index contributed by atoms with van der Waals surface area (Å²) in [6.07, 6.45) is -3.33. The fourth-order valence-electron chi connectivity index (χ4n) is 3.31. The van der Waals surface area contributed by atoms with E-state index in [0.717, 1.165) is 6.07 Å². The topological polar surface area (TPSA) is 80.2 Å². The summed E-state index contributed by atoms with van der Waals surface area (Å²) in [6.45, 7) is 4.66. The zero-order valence-electron chi connectivity index (χ0n) is 18.5. The molecule has 1 aromatic rings. The molecule has 1 heterocycles. The number of carbonyl (C=O) groups is 2. The van der Waals surface area contributed by atoms with Crippen LogP contribution in [0.5, 0.6) is 0 Å². The highest BCUT2D eigenvalue weighted by atomic mass is 19.4. The van der Waals surface area contributed by atoms with E-state index in [9.17, 15) is 22.8 Å². The van der Waals surface area contributed by atoms with Crippen LogP contribution >= 0.6 is 0 Å². The number of nitrogens with one attached hydrogen (secondary N) is 1. The molecular weight excluding hydrogens is 427 g/mol. The maximum absolute atomic E-state index is 13.9. The van der Waals surface area contributed by atoms with Gasteiger partial charge in [0.05, 0.1) is 42.2 Å². The first-order chi connectivity index (χ1) is 15.0. The van der Waals surface area contributed by atoms with Crippen molar-refractivity contribution in [2.45, 2.75) is 32.9 Å². The monoisotopic (exact) mass is 453 g/mol. The van der Waals surface area contributed by atoms with Crippen molar-refractivity contribution in [3.8, 4) is 0 Å². The van der Waals surface area contributed by atoms with Gasteiger partial charge in [-0.25, -0.2) is 14.6 Å². The molecule has 0 radical (unpaired) electrons. The predicted octanol–water partition coefficient (Wildman–Crippen LogP) is 3.59. The molecule has 0 aliphatic carbocycles. The number of hydrogen-bond donors (Lipinski definition) is 1. The number of carbonyl (C=O) groups excluding carboxylic acids is 2. The van der Waals surface area contributed by atoms with Crippen LogP contribution in [0.3, 0.4) is 0 Å². The number of halogens is 3. The second-order valence-electron chi connectivity index (χ2n) is 7.09. The molecule has 1 aliphatic rings. The Kier molecular flexibility index (Phi) is 8.07. The number of esters is 2. The van der Waals surface area contributed by atoms with E-state index in [-0.39, 0.29) is 41.4 Å². The number of hydrogen-bond acceptors (Lipinski definition) is 6. The molecule has 0 spiro atoms. The van der Waals surface area contributed by atoms with Gasteiger partial charge in [0, 0.05) is 19.8 Å². The van der Waals surface area contributed by atoms with Crippen LogP contribution in [0.15, 0.2) is 51.9 Å². The van der Waals surface area contributed by atoms with E-state index in [1.807, 2.05) is 0 Å². The smallest absolute Gasteiger partial charge is 0.416 e. The van der Waals surface area contributed by atoms with Gasteiger partial charge in [0.15, 0.2) is 0 Å². The molecule has 1 atom stereocenters. The number of nitrogens with zero attached hydrogens (tertiary/aromatic N) is 2. The zero-order chi connectivity index (χ0) is 24.1. The average Bonchev–Trinajstić information content (AvgIpc) is 2.71. The van der Waals surface area contributed by atoms with Crippen molar-refractivity contribution in [3.05, 3.63) is 58.1 Å². The van der Waals surface area contributed by atoms with Crippen LogP contribution < -0.4 is 5.32 Å². The van der Waals surface area contributed by atoms with Gasteiger partial charge in [-0.05, 0) is 32.4 Å². The van der Waals surface area contributed by atoms with Gasteiger partial charge in [0.2, 0.25) is 0 Å². The molecule has 10 heteroatoms. The summed E-state index contributed by atoms with van der Waals surface area (Å²) < 4.78 is 51.9. The lowest BCUT2D eigenvalue weighted by Gasteiger charge is -2.31. The first-order valence-electron chi connectivity index (χ1n) is 9.95. The normalized spacial score (nSPS) is 16.8. The van der Waals surface area contributed by atoms with E-state index >= 15 is 0 Å². The first kappa shape index (κ1) is 25.0. The molecule has 0 saturated heterocycles. The van der Waals surface area contributed by atoms with Crippen LogP contribution in [0.1, 0.15) is 37.8 Å². The number of ether oxygens (including phenoxy) is 2. The van der Waals surface area contributed by atoms with Crippen LogP contribution in [0, 0.1) is 0 Å². The molecular formula is C22H26F3N3O4. The molecule has 7 nitrogen and oxygen atoms in total. The van der Waals surface area contributed by atoms with Gasteiger partial charge in [-0.15, -0.1) is 0 Å². The summed E-state index contributed by atoms with van der Waals surface area (Å²) in [7, 11) is 3.39. The Morgan fingerprint density at radius 3 is 2.19 bits per heavy atom. The minimum absolute atomic E-state index is 0.00729. The van der Waals surface area contributed by atoms with Crippen molar-refractivity contribution in [2.75, 3.05) is 27.3 Å². The minimum Gasteiger partial charge on any atom is -0.463 e. The summed E-state index contributed by atoms with van der Waals surface area (Å²) in [6, 6.07) is 4.79. The SMILES string of the molecule is CCOC(=O)C1=C(C)NC(N=CN(C)C)=C(C(=O)OCC)C1c1ccccc1C(F)(F)F. The largest absolute Gasteiger partial charge is 0.463 e. The van der Waals surface area contributed by atoms with Gasteiger partial charge in [-0.3, -0.25) is 0 Å². The van der Waals surface area contributed by atoms with Gasteiger partial charge >= 0.3 is 18.1 Å². The summed E-state index contributed by atoms with van der Waals surface area (Å²) in [5.74, 6) is -3.13. The Balaban J connectivity index is 2.89. The number of benzene rings is 1. The maximum atomic E-state index is 13.9. The summed E-state index contributed by atoms with van der Waals surface area (Å²) in [5, 5.41) is 2.86. The van der Waals surface area contributed by atoms with Crippen LogP contribution in [0.2, 0.25) is 0 Å². The second-order valence-corrected chi connectivity index (χ2v) is 7.09. The highest BCUT2D eigenvalue weighted by Gasteiger charge is 2.43. The predicted molar refractivity (Wildman–Crippen MR) is 112 cm³/mol. The van der Waals surface area contributed by atoms with Crippen molar-refractivity contribution < 1.29 is 32.2 Å². The molecule has 0 bridgehead atoms. The summed E-state index contributed by atoms with van der Waals surface area (Å²) >= 11 is 0. The molecule has 0 fully saturated rings. The van der Waals surface area contributed by atoms with Crippen molar-refractivity contribution in [1.82, 2.24) is 10.2 Å². The first-order valence-corrected chi connectivity index (χ1v) is 9.95. The third-order valence-corrected chi connectivity index (χ3v) is 4.53. The van der Waals surface area contributed by atoms with Gasteiger partial charge in [0.1, 0.15) is 5.82 Å². The Morgan fingerprint density at radius 1 is 1.09 bits per heavy atom. The highest BCUT2D eigenvalue weighted by Crippen LogP contribution is 2.44. The molecule has 0 aromatic heterocycles. The maximum Gasteiger partial charge on any atom is 0.416 e. The van der Waals surface area contributed by atoms with E-state index in [1.165, 1.54) is 31.5 Å². The number of dihydropyridines is 1. The Bertz CT molecular complexity index is 965. The lowest BCUT2D eigenvalue weighted by molar-refractivity contribution is -0.142. The number of allylic oxidation sites excluding steroid dienone is 1. The van der Waals surface area contributed by atoms with Gasteiger partial charge in [-0.1, -0.05) is 18.2 Å². The summed E-state index contributed by atoms with van der Waals surface area (Å²) in [4.78, 5) is 31.6. The zero-order valence-corrected chi connectivity index (χ0v) is 18.5. The van der Waals surface area contributed by atoms with E-state index in [0.29, 0.717) is 0 Å². The Hall–Kier alpha value is -3.30. The molecule has 1 aromatic carbocycles. The molecule has 2 rings (SSSR count). The van der Waals surface area contributed by atoms with Crippen molar-refractivity contribution in [2.24, 2.45) is 4.99 Å². The molecule has 174 valence electrons. The van der Waals surface area contributed by atoms with Crippen LogP contribution in [0.4, 0.5) is 13.2 Å². The third-order valence-electron chi connectivity index (χ3n) is 4.53. The molecule has 0 amide bonds. The molecule has 1 aliphatic heterocycles. The van der Waals surface area contributed by atoms with Gasteiger partial charge < -0.3 is 19.7 Å². The Labute approximate surface area is 184 Å². The standard InChI is InChI=1S/C22H26F3N3O4/c1-6-31-20(29)16-13(3)27-19(26-12-28(4)5)18(21(30)32-7-2)17(16)14-10-8-9-11-15(14)22(23,24)25/h8-12,17,27H,6-7H2,1-5H3. The second kappa shape index (κ2) is 10.3. The van der Waals surface area contributed by atoms with Crippen molar-refractivity contribution in [1.29, 1.82) is 0 Å². The number of aliphatic imine (C=N–C) groups is 1. The lowest BCUT2D eigenvalue weighted by atomic mass is 9.79. The van der Waals surface area contributed by atoms with Crippen LogP contribution in [0.25, 0.3) is 0 Å². The summed E-state index contributed by atoms with van der Waals surface area (Å²) in [5.41, 5.74) is -1.35. The van der Waals surface area contributed by atoms with E-state index in [1.54, 1.807) is 32.8 Å². The van der Waals surface area contributed by atoms with Gasteiger partial charge in [-0.2, -0.15) is 13.2 Å². The third kappa shape index (κ3) is 5.49. The quantitative estimate of drug-likeness (QED) is 0.386. The molecule has 0 saturated carbocycles. The van der Waals surface area contributed by atoms with E-state index in [2.05, 4.69) is 10.3 Å². The number of rotatable bonds is 7. The number of alkyl halides is 3. The fraction of sp³-hybridized carbons (Fsp3) is 0.409. The van der Waals surface area contributed by atoms with Crippen LogP contribution in [-0.4, -0.2) is 50.5 Å². The average molecular weight is 453 g/mol. The fourth-order valence-corrected chi connectivity index (χ4v) is 3.31. The highest BCUT2D eigenvalue weighted by molar-refractivity contribution is 6.00.